The van der Waals surface area contributed by atoms with Gasteiger partial charge in [0.1, 0.15) is 0 Å². The third-order valence-electron chi connectivity index (χ3n) is 0.177. The Hall–Kier alpha value is 0.686. The molecule has 0 saturated heterocycles. The summed E-state index contributed by atoms with van der Waals surface area (Å²) in [5.41, 5.74) is 0. The van der Waals surface area contributed by atoms with Crippen molar-refractivity contribution in [1.82, 2.24) is 5.32 Å². The van der Waals surface area contributed by atoms with Gasteiger partial charge in [0.25, 0.3) is 0 Å². The fourth-order valence-corrected chi connectivity index (χ4v) is 0. The minimum absolute atomic E-state index is 0.708. The van der Waals surface area contributed by atoms with Crippen molar-refractivity contribution in [2.45, 2.75) is 0 Å². The molecule has 0 saturated carbocycles. The molecule has 0 heterocycles. The fourth-order valence-electron chi connectivity index (χ4n) is 0. The summed E-state index contributed by atoms with van der Waals surface area (Å²) in [6.07, 6.45) is 0. The van der Waals surface area contributed by atoms with E-state index in [0.717, 1.165) is 0 Å². The molecular formula is C3H7CoNS-2. The molecule has 0 unspecified atom stereocenters. The van der Waals surface area contributed by atoms with Gasteiger partial charge in [0, 0.05) is 0 Å². The fraction of sp³-hybridized carbons (Fsp3) is 0.333. The second-order valence-electron chi connectivity index (χ2n) is 0.500. The van der Waals surface area contributed by atoms with Crippen LogP contribution in [0.4, 0.5) is 0 Å². The van der Waals surface area contributed by atoms with Gasteiger partial charge in [-0.1, -0.05) is 0 Å². The molecule has 0 aromatic rings. The summed E-state index contributed by atoms with van der Waals surface area (Å²) < 4.78 is 0. The van der Waals surface area contributed by atoms with Gasteiger partial charge in [-0.3, -0.25) is 7.05 Å². The van der Waals surface area contributed by atoms with Crippen molar-refractivity contribution in [2.75, 3.05) is 6.54 Å². The SMILES string of the molecule is [CH2-]CN[CH2-].[S]=[Co]. The molecule has 0 aliphatic carbocycles. The second kappa shape index (κ2) is 17.3. The Morgan fingerprint density at radius 3 is 1.83 bits per heavy atom. The summed E-state index contributed by atoms with van der Waals surface area (Å²) in [6, 6.07) is 0. The van der Waals surface area contributed by atoms with E-state index in [1.807, 2.05) is 0 Å². The third-order valence-corrected chi connectivity index (χ3v) is 0.177. The molecule has 1 N–H and O–H groups in total. The van der Waals surface area contributed by atoms with Crippen LogP contribution in [0.15, 0.2) is 0 Å². The van der Waals surface area contributed by atoms with Crippen molar-refractivity contribution < 1.29 is 14.1 Å². The Morgan fingerprint density at radius 2 is 1.83 bits per heavy atom. The Bertz CT molecular complexity index is 18.3. The molecule has 0 rings (SSSR count). The van der Waals surface area contributed by atoms with Gasteiger partial charge in [0.15, 0.2) is 0 Å². The first kappa shape index (κ1) is 9.84. The topological polar surface area (TPSA) is 12.0 Å². The van der Waals surface area contributed by atoms with Gasteiger partial charge in [-0.05, 0) is 0 Å². The summed E-state index contributed by atoms with van der Waals surface area (Å²) in [5, 5.41) is 2.57. The van der Waals surface area contributed by atoms with Crippen LogP contribution in [0, 0.1) is 14.0 Å². The molecule has 0 aromatic carbocycles. The first-order valence-corrected chi connectivity index (χ1v) is 2.89. The van der Waals surface area contributed by atoms with Gasteiger partial charge in [-0.25, -0.2) is 0 Å². The van der Waals surface area contributed by atoms with Crippen LogP contribution in [0.2, 0.25) is 0 Å². The van der Waals surface area contributed by atoms with Crippen LogP contribution in [-0.2, 0) is 14.1 Å². The van der Waals surface area contributed by atoms with E-state index in [2.05, 4.69) is 44.0 Å². The summed E-state index contributed by atoms with van der Waals surface area (Å²) in [4.78, 5) is 0. The van der Waals surface area contributed by atoms with Crippen LogP contribution in [0.5, 0.6) is 0 Å². The second-order valence-corrected chi connectivity index (χ2v) is 0.500. The maximum atomic E-state index is 3.77. The average molecular weight is 148 g/mol. The predicted octanol–water partition coefficient (Wildman–Crippen LogP) is 0.847. The van der Waals surface area contributed by atoms with Crippen LogP contribution >= 0.6 is 10.6 Å². The van der Waals surface area contributed by atoms with Gasteiger partial charge in [-0.2, -0.15) is 6.54 Å². The van der Waals surface area contributed by atoms with E-state index in [1.54, 1.807) is 0 Å². The van der Waals surface area contributed by atoms with Gasteiger partial charge < -0.3 is 12.2 Å². The Morgan fingerprint density at radius 1 is 1.67 bits per heavy atom. The zero-order valence-corrected chi connectivity index (χ0v) is 5.22. The number of hydrogen-bond acceptors (Lipinski definition) is 2. The van der Waals surface area contributed by atoms with E-state index < -0.39 is 0 Å². The van der Waals surface area contributed by atoms with Crippen LogP contribution in [0.3, 0.4) is 0 Å². The molecule has 0 spiro atoms. The van der Waals surface area contributed by atoms with Crippen molar-refractivity contribution in [3.63, 3.8) is 0 Å². The van der Waals surface area contributed by atoms with Crippen molar-refractivity contribution >= 4 is 10.6 Å². The molecule has 0 atom stereocenters. The van der Waals surface area contributed by atoms with Gasteiger partial charge in [0.05, 0.1) is 0 Å². The molecule has 3 heteroatoms. The van der Waals surface area contributed by atoms with Crippen molar-refractivity contribution in [3.05, 3.63) is 14.0 Å². The van der Waals surface area contributed by atoms with Crippen LogP contribution in [0.1, 0.15) is 0 Å². The van der Waals surface area contributed by atoms with Crippen LogP contribution in [-0.4, -0.2) is 6.54 Å². The Labute approximate surface area is 51.0 Å². The summed E-state index contributed by atoms with van der Waals surface area (Å²) in [6.45, 7) is 4.14. The Balaban J connectivity index is 0. The Kier molecular flexibility index (Phi) is 28.4. The molecule has 0 radical (unpaired) electrons. The zero-order chi connectivity index (χ0) is 5.41. The summed E-state index contributed by atoms with van der Waals surface area (Å²) >= 11 is 3.15. The quantitative estimate of drug-likeness (QED) is 0.553. The molecule has 1 nitrogen and oxygen atoms in total. The van der Waals surface area contributed by atoms with E-state index in [1.165, 1.54) is 0 Å². The van der Waals surface area contributed by atoms with Crippen LogP contribution in [0.25, 0.3) is 0 Å². The number of rotatable bonds is 1. The van der Waals surface area contributed by atoms with E-state index in [9.17, 15) is 0 Å². The molecule has 0 aliphatic heterocycles. The first-order valence-electron chi connectivity index (χ1n) is 1.34. The first-order chi connectivity index (χ1) is 2.91. The van der Waals surface area contributed by atoms with Gasteiger partial charge in [0.2, 0.25) is 0 Å². The van der Waals surface area contributed by atoms with Crippen molar-refractivity contribution in [3.8, 4) is 0 Å². The van der Waals surface area contributed by atoms with Crippen molar-refractivity contribution in [1.29, 1.82) is 0 Å². The zero-order valence-electron chi connectivity index (χ0n) is 3.36. The van der Waals surface area contributed by atoms with E-state index in [0.29, 0.717) is 6.54 Å². The molecule has 0 bridgehead atoms. The standard InChI is InChI=1S/C3H7N.Co.S/c1-3-4-2;;/h4H,1-3H2;;/q-2;;. The average Bonchev–Trinajstić information content (AvgIpc) is 1.72. The molecule has 41 valence electrons. The van der Waals surface area contributed by atoms with E-state index in [4.69, 9.17) is 0 Å². The molecule has 0 aromatic heterocycles. The normalized spacial score (nSPS) is 5.83. The number of hydrogen-bond donors (Lipinski definition) is 1. The van der Waals surface area contributed by atoms with Crippen molar-refractivity contribution in [2.24, 2.45) is 0 Å². The monoisotopic (exact) mass is 148 g/mol. The molecule has 0 fully saturated rings. The molecule has 0 aliphatic rings. The van der Waals surface area contributed by atoms with Crippen LogP contribution < -0.4 is 5.32 Å². The van der Waals surface area contributed by atoms with Gasteiger partial charge >= 0.3 is 24.7 Å². The third kappa shape index (κ3) is 22.4. The van der Waals surface area contributed by atoms with E-state index >= 15 is 0 Å². The predicted molar refractivity (Wildman–Crippen MR) is 26.3 cm³/mol. The maximum absolute atomic E-state index is 3.77. The summed E-state index contributed by atoms with van der Waals surface area (Å²) in [5.74, 6) is 0. The molecule has 0 amide bonds. The molecular weight excluding hydrogens is 141 g/mol. The molecule has 6 heavy (non-hydrogen) atoms. The number of nitrogens with one attached hydrogen (secondary N) is 1. The van der Waals surface area contributed by atoms with Gasteiger partial charge in [-0.15, -0.1) is 0 Å². The minimum atomic E-state index is 0.708. The van der Waals surface area contributed by atoms with E-state index in [-0.39, 0.29) is 0 Å². The summed E-state index contributed by atoms with van der Waals surface area (Å²) in [7, 11) is 7.06.